The van der Waals surface area contributed by atoms with Crippen molar-refractivity contribution in [2.75, 3.05) is 0 Å². The third kappa shape index (κ3) is 2.02. The highest BCUT2D eigenvalue weighted by Gasteiger charge is 2.47. The molecule has 1 aliphatic rings. The molecule has 0 aromatic heterocycles. The van der Waals surface area contributed by atoms with E-state index in [1.165, 1.54) is 0 Å². The SMILES string of the molecule is CC1NC(C)C(C(F)(F)F)S1. The molecule has 1 nitrogen and oxygen atoms in total. The molecule has 1 saturated heterocycles. The molecule has 1 fully saturated rings. The van der Waals surface area contributed by atoms with E-state index in [1.807, 2.05) is 0 Å². The minimum Gasteiger partial charge on any atom is -0.302 e. The van der Waals surface area contributed by atoms with Gasteiger partial charge in [-0.2, -0.15) is 13.2 Å². The van der Waals surface area contributed by atoms with Gasteiger partial charge in [-0.25, -0.2) is 0 Å². The van der Waals surface area contributed by atoms with Gasteiger partial charge in [0.15, 0.2) is 0 Å². The van der Waals surface area contributed by atoms with Gasteiger partial charge in [0, 0.05) is 6.04 Å². The predicted octanol–water partition coefficient (Wildman–Crippen LogP) is 1.99. The third-order valence-corrected chi connectivity index (χ3v) is 3.14. The molecule has 5 heteroatoms. The van der Waals surface area contributed by atoms with Gasteiger partial charge in [-0.15, -0.1) is 11.8 Å². The second-order valence-electron chi connectivity index (χ2n) is 2.70. The third-order valence-electron chi connectivity index (χ3n) is 1.63. The van der Waals surface area contributed by atoms with Crippen LogP contribution in [-0.2, 0) is 0 Å². The molecule has 3 unspecified atom stereocenters. The van der Waals surface area contributed by atoms with E-state index in [4.69, 9.17) is 0 Å². The Labute approximate surface area is 67.7 Å². The fourth-order valence-corrected chi connectivity index (χ4v) is 2.40. The molecule has 0 aromatic rings. The van der Waals surface area contributed by atoms with Crippen LogP contribution in [0.25, 0.3) is 0 Å². The summed E-state index contributed by atoms with van der Waals surface area (Å²) in [6, 6.07) is -0.463. The van der Waals surface area contributed by atoms with E-state index in [1.54, 1.807) is 13.8 Å². The van der Waals surface area contributed by atoms with E-state index in [9.17, 15) is 13.2 Å². The van der Waals surface area contributed by atoms with Crippen LogP contribution in [0.2, 0.25) is 0 Å². The Hall–Kier alpha value is 0.100. The normalized spacial score (nSPS) is 39.5. The maximum Gasteiger partial charge on any atom is 0.402 e. The number of alkyl halides is 3. The van der Waals surface area contributed by atoms with Crippen molar-refractivity contribution in [1.82, 2.24) is 5.32 Å². The van der Waals surface area contributed by atoms with Crippen LogP contribution in [0.3, 0.4) is 0 Å². The average Bonchev–Trinajstić information content (AvgIpc) is 2.08. The first-order valence-electron chi connectivity index (χ1n) is 3.39. The summed E-state index contributed by atoms with van der Waals surface area (Å²) in [6.45, 7) is 3.31. The largest absolute Gasteiger partial charge is 0.402 e. The van der Waals surface area contributed by atoms with Crippen LogP contribution in [0.4, 0.5) is 13.2 Å². The van der Waals surface area contributed by atoms with E-state index < -0.39 is 17.5 Å². The zero-order valence-electron chi connectivity index (χ0n) is 6.27. The highest BCUT2D eigenvalue weighted by molar-refractivity contribution is 8.00. The van der Waals surface area contributed by atoms with Crippen LogP contribution in [0.15, 0.2) is 0 Å². The number of nitrogens with one attached hydrogen (secondary N) is 1. The van der Waals surface area contributed by atoms with Crippen molar-refractivity contribution >= 4 is 11.8 Å². The minimum absolute atomic E-state index is 0.0865. The maximum atomic E-state index is 12.1. The standard InChI is InChI=1S/C6H10F3NS/c1-3-5(6(7,8)9)11-4(2)10-3/h3-5,10H,1-2H3. The van der Waals surface area contributed by atoms with Gasteiger partial charge in [0.05, 0.1) is 5.37 Å². The second-order valence-corrected chi connectivity index (χ2v) is 4.18. The smallest absolute Gasteiger partial charge is 0.302 e. The summed E-state index contributed by atoms with van der Waals surface area (Å²) in [5.41, 5.74) is 0. The Kier molecular flexibility index (Phi) is 2.39. The van der Waals surface area contributed by atoms with E-state index in [-0.39, 0.29) is 5.37 Å². The highest BCUT2D eigenvalue weighted by Crippen LogP contribution is 2.38. The highest BCUT2D eigenvalue weighted by atomic mass is 32.2. The first-order valence-corrected chi connectivity index (χ1v) is 4.34. The summed E-state index contributed by atoms with van der Waals surface area (Å²) < 4.78 is 36.4. The number of halogens is 3. The zero-order valence-corrected chi connectivity index (χ0v) is 7.09. The van der Waals surface area contributed by atoms with Gasteiger partial charge < -0.3 is 5.32 Å². The van der Waals surface area contributed by atoms with Crippen LogP contribution in [0.5, 0.6) is 0 Å². The molecule has 0 aliphatic carbocycles. The number of hydrogen-bond acceptors (Lipinski definition) is 2. The first kappa shape index (κ1) is 9.19. The molecule has 1 heterocycles. The summed E-state index contributed by atoms with van der Waals surface area (Å²) in [7, 11) is 0. The lowest BCUT2D eigenvalue weighted by Gasteiger charge is -2.16. The Morgan fingerprint density at radius 2 is 1.82 bits per heavy atom. The summed E-state index contributed by atoms with van der Waals surface area (Å²) in [5, 5.41) is 1.49. The van der Waals surface area contributed by atoms with Crippen molar-refractivity contribution in [3.8, 4) is 0 Å². The van der Waals surface area contributed by atoms with Crippen molar-refractivity contribution in [2.24, 2.45) is 0 Å². The minimum atomic E-state index is -4.07. The van der Waals surface area contributed by atoms with Crippen LogP contribution in [-0.4, -0.2) is 22.8 Å². The topological polar surface area (TPSA) is 12.0 Å². The average molecular weight is 185 g/mol. The molecule has 11 heavy (non-hydrogen) atoms. The molecule has 66 valence electrons. The summed E-state index contributed by atoms with van der Waals surface area (Å²) in [6.07, 6.45) is -4.07. The van der Waals surface area contributed by atoms with Gasteiger partial charge in [-0.1, -0.05) is 0 Å². The molecule has 1 rings (SSSR count). The lowest BCUT2D eigenvalue weighted by Crippen LogP contribution is -2.37. The van der Waals surface area contributed by atoms with E-state index in [2.05, 4.69) is 5.32 Å². The van der Waals surface area contributed by atoms with Crippen molar-refractivity contribution in [3.05, 3.63) is 0 Å². The van der Waals surface area contributed by atoms with Gasteiger partial charge >= 0.3 is 6.18 Å². The molecule has 0 spiro atoms. The van der Waals surface area contributed by atoms with Crippen molar-refractivity contribution in [2.45, 2.75) is 36.7 Å². The molecule has 0 amide bonds. The van der Waals surface area contributed by atoms with Crippen LogP contribution in [0, 0.1) is 0 Å². The van der Waals surface area contributed by atoms with E-state index in [0.717, 1.165) is 11.8 Å². The molecule has 0 saturated carbocycles. The van der Waals surface area contributed by atoms with Gasteiger partial charge in [0.2, 0.25) is 0 Å². The molecule has 0 radical (unpaired) electrons. The Balaban J connectivity index is 2.60. The second kappa shape index (κ2) is 2.86. The first-order chi connectivity index (χ1) is 4.91. The van der Waals surface area contributed by atoms with Gasteiger partial charge in [0.25, 0.3) is 0 Å². The quantitative estimate of drug-likeness (QED) is 0.619. The predicted molar refractivity (Wildman–Crippen MR) is 39.5 cm³/mol. The Morgan fingerprint density at radius 3 is 2.00 bits per heavy atom. The van der Waals surface area contributed by atoms with E-state index in [0.29, 0.717) is 0 Å². The molecule has 1 aliphatic heterocycles. The lowest BCUT2D eigenvalue weighted by molar-refractivity contribution is -0.131. The van der Waals surface area contributed by atoms with Crippen LogP contribution in [0.1, 0.15) is 13.8 Å². The van der Waals surface area contributed by atoms with E-state index >= 15 is 0 Å². The number of thioether (sulfide) groups is 1. The Morgan fingerprint density at radius 1 is 1.27 bits per heavy atom. The summed E-state index contributed by atoms with van der Waals surface area (Å²) in [4.78, 5) is 0. The monoisotopic (exact) mass is 185 g/mol. The number of hydrogen-bond donors (Lipinski definition) is 1. The fraction of sp³-hybridized carbons (Fsp3) is 1.00. The molecular formula is C6H10F3NS. The fourth-order valence-electron chi connectivity index (χ4n) is 1.20. The zero-order chi connectivity index (χ0) is 8.65. The Bertz CT molecular complexity index is 147. The van der Waals surface area contributed by atoms with Crippen molar-refractivity contribution in [1.29, 1.82) is 0 Å². The van der Waals surface area contributed by atoms with Gasteiger partial charge in [0.1, 0.15) is 5.25 Å². The summed E-state index contributed by atoms with van der Waals surface area (Å²) in [5.74, 6) is 0. The van der Waals surface area contributed by atoms with Crippen LogP contribution >= 0.6 is 11.8 Å². The van der Waals surface area contributed by atoms with Crippen molar-refractivity contribution < 1.29 is 13.2 Å². The molecule has 3 atom stereocenters. The summed E-state index contributed by atoms with van der Waals surface area (Å²) >= 11 is 0.944. The molecule has 0 bridgehead atoms. The van der Waals surface area contributed by atoms with Gasteiger partial charge in [-0.3, -0.25) is 0 Å². The maximum absolute atomic E-state index is 12.1. The molecular weight excluding hydrogens is 175 g/mol. The van der Waals surface area contributed by atoms with Gasteiger partial charge in [-0.05, 0) is 13.8 Å². The number of rotatable bonds is 0. The lowest BCUT2D eigenvalue weighted by atomic mass is 10.2. The molecule has 0 aromatic carbocycles. The van der Waals surface area contributed by atoms with Crippen LogP contribution < -0.4 is 5.32 Å². The van der Waals surface area contributed by atoms with Crippen molar-refractivity contribution in [3.63, 3.8) is 0 Å². The molecule has 1 N–H and O–H groups in total.